The first kappa shape index (κ1) is 14.4. The Morgan fingerprint density at radius 2 is 2.14 bits per heavy atom. The summed E-state index contributed by atoms with van der Waals surface area (Å²) in [7, 11) is 1.69. The lowest BCUT2D eigenvalue weighted by molar-refractivity contribution is -0.130. The molecule has 1 aromatic rings. The number of rotatable bonds is 2. The summed E-state index contributed by atoms with van der Waals surface area (Å²) in [6.07, 6.45) is 1.26. The summed E-state index contributed by atoms with van der Waals surface area (Å²) in [6.45, 7) is 2.42. The highest BCUT2D eigenvalue weighted by molar-refractivity contribution is 9.10. The molecule has 2 aliphatic heterocycles. The summed E-state index contributed by atoms with van der Waals surface area (Å²) in [5.41, 5.74) is 0.891. The number of hydrogen-bond acceptors (Lipinski definition) is 3. The number of hydrogen-bond donors (Lipinski definition) is 0. The van der Waals surface area contributed by atoms with Gasteiger partial charge in [0.05, 0.1) is 17.1 Å². The Hall–Kier alpha value is -1.56. The molecule has 2 atom stereocenters. The van der Waals surface area contributed by atoms with E-state index in [2.05, 4.69) is 15.9 Å². The Balaban J connectivity index is 2.01. The Morgan fingerprint density at radius 1 is 1.38 bits per heavy atom. The maximum Gasteiger partial charge on any atom is 0.327 e. The fourth-order valence-corrected chi connectivity index (χ4v) is 3.59. The van der Waals surface area contributed by atoms with Crippen LogP contribution in [0.4, 0.5) is 4.79 Å². The largest absolute Gasteiger partial charge is 0.492 e. The Labute approximate surface area is 132 Å². The molecule has 1 aromatic carbocycles. The van der Waals surface area contributed by atoms with E-state index in [0.29, 0.717) is 19.4 Å². The number of halogens is 1. The number of ether oxygens (including phenoxy) is 1. The fourth-order valence-electron chi connectivity index (χ4n) is 3.10. The molecule has 0 aliphatic carbocycles. The molecule has 2 unspecified atom stereocenters. The highest BCUT2D eigenvalue weighted by Gasteiger charge is 2.47. The van der Waals surface area contributed by atoms with Crippen molar-refractivity contribution in [1.29, 1.82) is 0 Å². The Morgan fingerprint density at radius 3 is 2.81 bits per heavy atom. The van der Waals surface area contributed by atoms with E-state index in [9.17, 15) is 9.59 Å². The van der Waals surface area contributed by atoms with Crippen molar-refractivity contribution in [2.24, 2.45) is 0 Å². The van der Waals surface area contributed by atoms with E-state index in [-0.39, 0.29) is 24.0 Å². The number of nitrogens with zero attached hydrogens (tertiary/aromatic N) is 2. The van der Waals surface area contributed by atoms with Crippen molar-refractivity contribution in [1.82, 2.24) is 9.80 Å². The zero-order chi connectivity index (χ0) is 15.1. The average Bonchev–Trinajstić information content (AvgIpc) is 2.69. The number of benzene rings is 1. The summed E-state index contributed by atoms with van der Waals surface area (Å²) in [4.78, 5) is 28.0. The number of likely N-dealkylation sites (N-methyl/N-ethyl adjacent to an activating group) is 1. The summed E-state index contributed by atoms with van der Waals surface area (Å²) in [5.74, 6) is 0.625. The predicted octanol–water partition coefficient (Wildman–Crippen LogP) is 2.95. The number of carbonyl (C=O) groups is 2. The minimum Gasteiger partial charge on any atom is -0.492 e. The van der Waals surface area contributed by atoms with Gasteiger partial charge in [0, 0.05) is 19.0 Å². The minimum absolute atomic E-state index is 0.108. The fraction of sp³-hybridized carbons (Fsp3) is 0.467. The van der Waals surface area contributed by atoms with Gasteiger partial charge in [0.25, 0.3) is 5.91 Å². The maximum absolute atomic E-state index is 12.6. The number of fused-ring (bicyclic) bond motifs is 1. The van der Waals surface area contributed by atoms with Crippen LogP contribution in [0, 0.1) is 0 Å². The van der Waals surface area contributed by atoms with Crippen molar-refractivity contribution >= 4 is 27.9 Å². The molecule has 1 fully saturated rings. The molecule has 2 aliphatic rings. The summed E-state index contributed by atoms with van der Waals surface area (Å²) >= 11 is 3.46. The van der Waals surface area contributed by atoms with E-state index >= 15 is 0 Å². The van der Waals surface area contributed by atoms with Gasteiger partial charge < -0.3 is 9.64 Å². The standard InChI is InChI=1S/C15H17BrN2O3/c1-3-11-14(19)18(15(20)17(11)2)12-7-8-21-13-9(12)5-4-6-10(13)16/h4-6,11-12H,3,7-8H2,1-2H3. The summed E-state index contributed by atoms with van der Waals surface area (Å²) in [5, 5.41) is 0. The monoisotopic (exact) mass is 352 g/mol. The lowest BCUT2D eigenvalue weighted by Crippen LogP contribution is -2.38. The van der Waals surface area contributed by atoms with Gasteiger partial charge in [-0.2, -0.15) is 0 Å². The van der Waals surface area contributed by atoms with Crippen molar-refractivity contribution in [3.8, 4) is 5.75 Å². The topological polar surface area (TPSA) is 49.9 Å². The zero-order valence-corrected chi connectivity index (χ0v) is 13.6. The van der Waals surface area contributed by atoms with Crippen LogP contribution in [0.25, 0.3) is 0 Å². The van der Waals surface area contributed by atoms with Gasteiger partial charge in [0.15, 0.2) is 0 Å². The van der Waals surface area contributed by atoms with E-state index in [0.717, 1.165) is 15.8 Å². The van der Waals surface area contributed by atoms with E-state index in [4.69, 9.17) is 4.74 Å². The minimum atomic E-state index is -0.351. The van der Waals surface area contributed by atoms with Gasteiger partial charge >= 0.3 is 6.03 Å². The molecule has 0 aromatic heterocycles. The molecular formula is C15H17BrN2O3. The van der Waals surface area contributed by atoms with Gasteiger partial charge in [-0.05, 0) is 28.4 Å². The van der Waals surface area contributed by atoms with Crippen molar-refractivity contribution in [3.05, 3.63) is 28.2 Å². The first-order valence-corrected chi connectivity index (χ1v) is 7.86. The number of imide groups is 1. The number of urea groups is 1. The van der Waals surface area contributed by atoms with Crippen LogP contribution in [-0.2, 0) is 4.79 Å². The highest BCUT2D eigenvalue weighted by atomic mass is 79.9. The molecule has 5 nitrogen and oxygen atoms in total. The number of carbonyl (C=O) groups excluding carboxylic acids is 2. The van der Waals surface area contributed by atoms with E-state index in [1.165, 1.54) is 9.80 Å². The number of amides is 3. The third-order valence-electron chi connectivity index (χ3n) is 4.19. The first-order valence-electron chi connectivity index (χ1n) is 7.07. The van der Waals surface area contributed by atoms with Gasteiger partial charge in [-0.1, -0.05) is 19.1 Å². The predicted molar refractivity (Wildman–Crippen MR) is 81.1 cm³/mol. The Bertz CT molecular complexity index is 605. The molecule has 0 radical (unpaired) electrons. The molecule has 3 amide bonds. The van der Waals surface area contributed by atoms with Gasteiger partial charge in [0.1, 0.15) is 11.8 Å². The van der Waals surface area contributed by atoms with Crippen LogP contribution >= 0.6 is 15.9 Å². The van der Waals surface area contributed by atoms with Gasteiger partial charge in [-0.25, -0.2) is 4.79 Å². The van der Waals surface area contributed by atoms with E-state index in [1.54, 1.807) is 7.05 Å². The molecule has 21 heavy (non-hydrogen) atoms. The lowest BCUT2D eigenvalue weighted by atomic mass is 9.99. The van der Waals surface area contributed by atoms with Crippen LogP contribution in [0.2, 0.25) is 0 Å². The molecule has 0 saturated carbocycles. The number of para-hydroxylation sites is 1. The molecule has 2 heterocycles. The SMILES string of the molecule is CCC1C(=O)N(C2CCOc3c(Br)cccc32)C(=O)N1C. The smallest absolute Gasteiger partial charge is 0.327 e. The van der Waals surface area contributed by atoms with Crippen molar-refractivity contribution in [2.45, 2.75) is 31.8 Å². The third kappa shape index (κ3) is 2.12. The molecule has 6 heteroatoms. The normalized spacial score (nSPS) is 25.1. The highest BCUT2D eigenvalue weighted by Crippen LogP contribution is 2.42. The van der Waals surface area contributed by atoms with Crippen LogP contribution in [-0.4, -0.2) is 41.4 Å². The quantitative estimate of drug-likeness (QED) is 0.769. The lowest BCUT2D eigenvalue weighted by Gasteiger charge is -2.31. The van der Waals surface area contributed by atoms with Crippen LogP contribution < -0.4 is 4.74 Å². The maximum atomic E-state index is 12.6. The van der Waals surface area contributed by atoms with Gasteiger partial charge in [-0.3, -0.25) is 9.69 Å². The van der Waals surface area contributed by atoms with Crippen molar-refractivity contribution < 1.29 is 14.3 Å². The molecule has 0 spiro atoms. The molecule has 0 bridgehead atoms. The first-order chi connectivity index (χ1) is 10.1. The van der Waals surface area contributed by atoms with E-state index < -0.39 is 0 Å². The third-order valence-corrected chi connectivity index (χ3v) is 4.81. The molecule has 112 valence electrons. The van der Waals surface area contributed by atoms with Crippen molar-refractivity contribution in [2.75, 3.05) is 13.7 Å². The second-order valence-electron chi connectivity index (χ2n) is 5.34. The van der Waals surface area contributed by atoms with Crippen LogP contribution in [0.15, 0.2) is 22.7 Å². The van der Waals surface area contributed by atoms with E-state index in [1.807, 2.05) is 25.1 Å². The second-order valence-corrected chi connectivity index (χ2v) is 6.19. The summed E-state index contributed by atoms with van der Waals surface area (Å²) < 4.78 is 6.54. The van der Waals surface area contributed by atoms with Crippen LogP contribution in [0.3, 0.4) is 0 Å². The molecule has 0 N–H and O–H groups in total. The zero-order valence-electron chi connectivity index (χ0n) is 12.0. The second kappa shape index (κ2) is 5.33. The van der Waals surface area contributed by atoms with Gasteiger partial charge in [0.2, 0.25) is 0 Å². The Kier molecular flexibility index (Phi) is 3.65. The summed E-state index contributed by atoms with van der Waals surface area (Å²) in [6, 6.07) is 4.90. The van der Waals surface area contributed by atoms with Crippen LogP contribution in [0.5, 0.6) is 5.75 Å². The van der Waals surface area contributed by atoms with Crippen molar-refractivity contribution in [3.63, 3.8) is 0 Å². The average molecular weight is 353 g/mol. The molecule has 1 saturated heterocycles. The van der Waals surface area contributed by atoms with Crippen LogP contribution in [0.1, 0.15) is 31.4 Å². The van der Waals surface area contributed by atoms with Gasteiger partial charge in [-0.15, -0.1) is 0 Å². The molecular weight excluding hydrogens is 336 g/mol. The molecule has 3 rings (SSSR count).